The molecule has 0 bridgehead atoms. The summed E-state index contributed by atoms with van der Waals surface area (Å²) in [5.74, 6) is -3.05. The summed E-state index contributed by atoms with van der Waals surface area (Å²) in [7, 11) is 0. The van der Waals surface area contributed by atoms with Crippen LogP contribution in [0.4, 0.5) is 10.8 Å². The number of carboxylic acid groups (broad SMARTS) is 1. The number of hydrogen-bond donors (Lipinski definition) is 4. The lowest BCUT2D eigenvalue weighted by Gasteiger charge is -2.49. The Labute approximate surface area is 239 Å². The summed E-state index contributed by atoms with van der Waals surface area (Å²) < 4.78 is 0. The second-order valence-corrected chi connectivity index (χ2v) is 11.1. The molecule has 0 spiro atoms. The summed E-state index contributed by atoms with van der Waals surface area (Å²) in [4.78, 5) is 67.8. The third-order valence-electron chi connectivity index (χ3n) is 6.65. The van der Waals surface area contributed by atoms with Gasteiger partial charge >= 0.3 is 5.97 Å². The molecule has 212 valence electrons. The van der Waals surface area contributed by atoms with Crippen molar-refractivity contribution in [2.45, 2.75) is 24.4 Å². The van der Waals surface area contributed by atoms with Crippen LogP contribution in [0.25, 0.3) is 0 Å². The molecular formula is C24H21N7O8S2. The highest BCUT2D eigenvalue weighted by Crippen LogP contribution is 2.41. The molecule has 5 N–H and O–H groups in total. The number of aromatic nitrogens is 1. The number of carbonyl (C=O) groups excluding carboxylic acids is 3. The zero-order chi connectivity index (χ0) is 29.4. The van der Waals surface area contributed by atoms with Crippen molar-refractivity contribution >= 4 is 63.3 Å². The molecule has 5 rings (SSSR count). The average Bonchev–Trinajstić information content (AvgIpc) is 3.52. The molecule has 0 unspecified atom stereocenters. The van der Waals surface area contributed by atoms with Gasteiger partial charge in [-0.1, -0.05) is 17.3 Å². The van der Waals surface area contributed by atoms with E-state index in [2.05, 4.69) is 15.5 Å². The second-order valence-electron chi connectivity index (χ2n) is 9.13. The number of carbonyl (C=O) groups is 4. The minimum Gasteiger partial charge on any atom is -0.477 e. The number of likely N-dealkylation sites (tertiary alicyclic amines) is 1. The van der Waals surface area contributed by atoms with Crippen LogP contribution in [0.15, 0.2) is 57.7 Å². The third kappa shape index (κ3) is 5.23. The van der Waals surface area contributed by atoms with Gasteiger partial charge in [0.2, 0.25) is 5.91 Å². The lowest BCUT2D eigenvalue weighted by Crippen LogP contribution is -2.71. The smallest absolute Gasteiger partial charge is 0.352 e. The molecular weight excluding hydrogens is 578 g/mol. The van der Waals surface area contributed by atoms with Crippen LogP contribution in [0, 0.1) is 10.1 Å². The van der Waals surface area contributed by atoms with Gasteiger partial charge in [0, 0.05) is 41.9 Å². The maximum atomic E-state index is 13.0. The van der Waals surface area contributed by atoms with Crippen molar-refractivity contribution in [3.63, 3.8) is 0 Å². The fraction of sp³-hybridized carbons (Fsp3) is 0.250. The van der Waals surface area contributed by atoms with Gasteiger partial charge in [0.25, 0.3) is 17.5 Å². The number of nitro benzene ring substituents is 1. The quantitative estimate of drug-likeness (QED) is 0.0833. The van der Waals surface area contributed by atoms with Crippen molar-refractivity contribution in [3.8, 4) is 0 Å². The van der Waals surface area contributed by atoms with Crippen molar-refractivity contribution in [3.05, 3.63) is 73.9 Å². The normalized spacial score (nSPS) is 21.7. The van der Waals surface area contributed by atoms with Gasteiger partial charge in [0.15, 0.2) is 10.8 Å². The number of amides is 3. The number of nitro groups is 1. The summed E-state index contributed by atoms with van der Waals surface area (Å²) in [6.07, 6.45) is 1.85. The molecule has 41 heavy (non-hydrogen) atoms. The topological polar surface area (TPSA) is 222 Å². The SMILES string of the molecule is Nc1nc(/C(=N/O)C(=O)N[C@@H]2C(=O)N3C(C(=O)O)=C(/C=C4\CCN(Cc5ccc([N+](=O)[O-])cc5)C4=O)CS[C@H]23)cs1. The Balaban J connectivity index is 1.30. The largest absolute Gasteiger partial charge is 0.477 e. The maximum absolute atomic E-state index is 13.0. The molecule has 0 radical (unpaired) electrons. The lowest BCUT2D eigenvalue weighted by molar-refractivity contribution is -0.384. The Morgan fingerprint density at radius 2 is 2.02 bits per heavy atom. The molecule has 3 aliphatic rings. The molecule has 2 fully saturated rings. The average molecular weight is 600 g/mol. The number of nitrogens with zero attached hydrogens (tertiary/aromatic N) is 5. The summed E-state index contributed by atoms with van der Waals surface area (Å²) in [5.41, 5.74) is 6.18. The summed E-state index contributed by atoms with van der Waals surface area (Å²) in [5, 5.41) is 36.4. The van der Waals surface area contributed by atoms with Gasteiger partial charge in [-0.05, 0) is 23.6 Å². The highest BCUT2D eigenvalue weighted by Gasteiger charge is 2.54. The number of oxime groups is 1. The summed E-state index contributed by atoms with van der Waals surface area (Å²) >= 11 is 2.25. The molecule has 1 aromatic carbocycles. The number of aliphatic carboxylic acids is 1. The van der Waals surface area contributed by atoms with Gasteiger partial charge in [0.1, 0.15) is 22.8 Å². The molecule has 15 nitrogen and oxygen atoms in total. The second kappa shape index (κ2) is 11.0. The lowest BCUT2D eigenvalue weighted by atomic mass is 10.0. The predicted octanol–water partition coefficient (Wildman–Crippen LogP) is 0.909. The van der Waals surface area contributed by atoms with Crippen LogP contribution < -0.4 is 11.1 Å². The molecule has 4 heterocycles. The van der Waals surface area contributed by atoms with E-state index in [0.717, 1.165) is 16.2 Å². The van der Waals surface area contributed by atoms with Crippen LogP contribution in [0.5, 0.6) is 0 Å². The minimum atomic E-state index is -1.36. The Hall–Kier alpha value is -4.77. The number of nitrogens with one attached hydrogen (secondary N) is 1. The van der Waals surface area contributed by atoms with E-state index in [9.17, 15) is 39.6 Å². The van der Waals surface area contributed by atoms with Crippen molar-refractivity contribution in [1.82, 2.24) is 20.1 Å². The molecule has 0 aliphatic carbocycles. The van der Waals surface area contributed by atoms with Crippen LogP contribution in [0.2, 0.25) is 0 Å². The molecule has 0 saturated carbocycles. The number of hydrogen-bond acceptors (Lipinski definition) is 12. The van der Waals surface area contributed by atoms with Gasteiger partial charge in [-0.3, -0.25) is 29.4 Å². The van der Waals surface area contributed by atoms with E-state index in [1.54, 1.807) is 17.0 Å². The van der Waals surface area contributed by atoms with E-state index in [4.69, 9.17) is 5.73 Å². The van der Waals surface area contributed by atoms with Crippen molar-refractivity contribution in [1.29, 1.82) is 0 Å². The van der Waals surface area contributed by atoms with Crippen LogP contribution in [-0.4, -0.2) is 83.1 Å². The first-order valence-electron chi connectivity index (χ1n) is 12.0. The minimum absolute atomic E-state index is 0.0244. The Kier molecular flexibility index (Phi) is 7.46. The number of nitrogens with two attached hydrogens (primary N) is 1. The molecule has 2 aromatic rings. The third-order valence-corrected chi connectivity index (χ3v) is 8.62. The zero-order valence-corrected chi connectivity index (χ0v) is 22.6. The maximum Gasteiger partial charge on any atom is 0.352 e. The van der Waals surface area contributed by atoms with Crippen LogP contribution in [0.3, 0.4) is 0 Å². The van der Waals surface area contributed by atoms with Crippen molar-refractivity contribution < 1.29 is 34.4 Å². The van der Waals surface area contributed by atoms with E-state index >= 15 is 0 Å². The molecule has 2 atom stereocenters. The molecule has 3 amide bonds. The number of carboxylic acids is 1. The highest BCUT2D eigenvalue weighted by molar-refractivity contribution is 8.00. The van der Waals surface area contributed by atoms with E-state index in [0.29, 0.717) is 24.1 Å². The van der Waals surface area contributed by atoms with Gasteiger partial charge in [0.05, 0.1) is 4.92 Å². The molecule has 3 aliphatic heterocycles. The first-order valence-corrected chi connectivity index (χ1v) is 13.9. The first kappa shape index (κ1) is 27.8. The zero-order valence-electron chi connectivity index (χ0n) is 20.9. The number of β-lactam (4-membered cyclic amide) rings is 1. The summed E-state index contributed by atoms with van der Waals surface area (Å²) in [6, 6.07) is 4.79. The van der Waals surface area contributed by atoms with Crippen molar-refractivity contribution in [2.75, 3.05) is 18.0 Å². The number of allylic oxidation sites excluding steroid dienone is 1. The van der Waals surface area contributed by atoms with E-state index < -0.39 is 39.8 Å². The summed E-state index contributed by atoms with van der Waals surface area (Å²) in [6.45, 7) is 0.609. The van der Waals surface area contributed by atoms with Crippen molar-refractivity contribution in [2.24, 2.45) is 5.16 Å². The molecule has 2 saturated heterocycles. The van der Waals surface area contributed by atoms with Crippen LogP contribution in [0.1, 0.15) is 17.7 Å². The fourth-order valence-electron chi connectivity index (χ4n) is 4.68. The number of nitrogen functional groups attached to an aromatic ring is 1. The highest BCUT2D eigenvalue weighted by atomic mass is 32.2. The number of thioether (sulfide) groups is 1. The Morgan fingerprint density at radius 3 is 2.63 bits per heavy atom. The number of non-ortho nitro benzene ring substituents is 1. The fourth-order valence-corrected chi connectivity index (χ4v) is 6.53. The van der Waals surface area contributed by atoms with E-state index in [-0.39, 0.29) is 46.0 Å². The first-order chi connectivity index (χ1) is 19.6. The van der Waals surface area contributed by atoms with Gasteiger partial charge in [-0.2, -0.15) is 0 Å². The number of anilines is 1. The molecule has 1 aromatic heterocycles. The number of rotatable bonds is 8. The Bertz CT molecular complexity index is 1570. The van der Waals surface area contributed by atoms with Gasteiger partial charge < -0.3 is 26.3 Å². The number of fused-ring (bicyclic) bond motifs is 1. The van der Waals surface area contributed by atoms with Crippen LogP contribution >= 0.6 is 23.1 Å². The van der Waals surface area contributed by atoms with E-state index in [1.807, 2.05) is 0 Å². The van der Waals surface area contributed by atoms with Gasteiger partial charge in [-0.15, -0.1) is 23.1 Å². The molecule has 17 heteroatoms. The van der Waals surface area contributed by atoms with Gasteiger partial charge in [-0.25, -0.2) is 9.78 Å². The predicted molar refractivity (Wildman–Crippen MR) is 146 cm³/mol. The number of thiazole rings is 1. The monoisotopic (exact) mass is 599 g/mol. The van der Waals surface area contributed by atoms with Crippen LogP contribution in [-0.2, 0) is 25.7 Å². The standard InChI is InChI=1S/C24H21N7O8S2/c25-24-26-15(10-41-24)16(28-37)19(32)27-17-21(34)30-18(23(35)36)13(9-40-22(17)30)7-12-5-6-29(20(12)33)8-11-1-3-14(4-2-11)31(38)39/h1-4,7,10,17,22,37H,5-6,8-9H2,(H2,25,26)(H,27,32)(H,35,36)/b12-7+,28-16-/t17-,22-/m1/s1. The number of benzene rings is 1. The Morgan fingerprint density at radius 1 is 1.29 bits per heavy atom. The van der Waals surface area contributed by atoms with E-state index in [1.165, 1.54) is 35.4 Å².